The monoisotopic (exact) mass is 244 g/mol. The number of aryl methyl sites for hydroxylation is 1. The van der Waals surface area contributed by atoms with Crippen molar-refractivity contribution in [3.63, 3.8) is 0 Å². The third kappa shape index (κ3) is 3.73. The molecule has 0 N–H and O–H groups in total. The highest BCUT2D eigenvalue weighted by molar-refractivity contribution is 5.28. The fourth-order valence-corrected chi connectivity index (χ4v) is 2.03. The fraction of sp³-hybridized carbons (Fsp3) is 0.438. The van der Waals surface area contributed by atoms with Crippen LogP contribution in [0.4, 0.5) is 0 Å². The van der Waals surface area contributed by atoms with Crippen molar-refractivity contribution in [3.05, 3.63) is 54.2 Å². The van der Waals surface area contributed by atoms with Crippen LogP contribution in [0.2, 0.25) is 0 Å². The molecule has 0 bridgehead atoms. The summed E-state index contributed by atoms with van der Waals surface area (Å²) in [4.78, 5) is 4.28. The highest BCUT2D eigenvalue weighted by Crippen LogP contribution is 2.21. The van der Waals surface area contributed by atoms with E-state index in [9.17, 15) is 0 Å². The summed E-state index contributed by atoms with van der Waals surface area (Å²) < 4.78 is 2.26. The van der Waals surface area contributed by atoms with Crippen LogP contribution >= 0.6 is 0 Å². The van der Waals surface area contributed by atoms with Crippen molar-refractivity contribution in [2.24, 2.45) is 0 Å². The third-order valence-corrected chi connectivity index (χ3v) is 2.99. The number of hydrogen-bond acceptors (Lipinski definition) is 1. The number of aromatic nitrogens is 2. The maximum Gasteiger partial charge on any atom is 0.0953 e. The van der Waals surface area contributed by atoms with Gasteiger partial charge < -0.3 is 4.57 Å². The van der Waals surface area contributed by atoms with Crippen molar-refractivity contribution in [2.45, 2.75) is 46.6 Å². The molecule has 1 heterocycles. The zero-order chi connectivity index (χ0) is 13.4. The van der Waals surface area contributed by atoms with Gasteiger partial charge in [0.1, 0.15) is 0 Å². The fourth-order valence-electron chi connectivity index (χ4n) is 2.03. The molecule has 1 atom stereocenters. The van der Waals surface area contributed by atoms with E-state index >= 15 is 0 Å². The smallest absolute Gasteiger partial charge is 0.0953 e. The molecule has 1 aromatic heterocycles. The van der Waals surface area contributed by atoms with Crippen molar-refractivity contribution in [2.75, 3.05) is 0 Å². The lowest BCUT2D eigenvalue weighted by molar-refractivity contribution is 0.602. The minimum Gasteiger partial charge on any atom is -0.327 e. The van der Waals surface area contributed by atoms with Gasteiger partial charge in [-0.2, -0.15) is 0 Å². The van der Waals surface area contributed by atoms with E-state index in [4.69, 9.17) is 0 Å². The number of rotatable bonds is 6. The van der Waals surface area contributed by atoms with Crippen LogP contribution in [0.25, 0.3) is 0 Å². The lowest BCUT2D eigenvalue weighted by Crippen LogP contribution is -2.09. The van der Waals surface area contributed by atoms with Crippen LogP contribution in [0.5, 0.6) is 0 Å². The quantitative estimate of drug-likeness (QED) is 0.675. The van der Waals surface area contributed by atoms with Gasteiger partial charge in [-0.1, -0.05) is 43.7 Å². The Morgan fingerprint density at radius 2 is 2.17 bits per heavy atom. The first-order valence-electron chi connectivity index (χ1n) is 6.70. The molecule has 98 valence electrons. The Morgan fingerprint density at radius 3 is 2.78 bits per heavy atom. The van der Waals surface area contributed by atoms with E-state index in [0.29, 0.717) is 6.04 Å². The minimum atomic E-state index is 0.321. The Bertz CT molecular complexity index is 436. The number of hydrogen-bond donors (Lipinski definition) is 0. The molecule has 0 aliphatic carbocycles. The van der Waals surface area contributed by atoms with Gasteiger partial charge in [0.05, 0.1) is 12.4 Å². The second-order valence-electron chi connectivity index (χ2n) is 4.41. The summed E-state index contributed by atoms with van der Waals surface area (Å²) in [6.07, 6.45) is 16.7. The second kappa shape index (κ2) is 7.70. The topological polar surface area (TPSA) is 17.8 Å². The zero-order valence-electron chi connectivity index (χ0n) is 11.9. The summed E-state index contributed by atoms with van der Waals surface area (Å²) in [6, 6.07) is 0.321. The maximum atomic E-state index is 4.28. The van der Waals surface area contributed by atoms with E-state index in [-0.39, 0.29) is 0 Å². The van der Waals surface area contributed by atoms with Gasteiger partial charge in [0.2, 0.25) is 0 Å². The molecule has 0 aromatic carbocycles. The van der Waals surface area contributed by atoms with Crippen LogP contribution in [0.15, 0.2) is 48.5 Å². The molecule has 1 rings (SSSR count). The van der Waals surface area contributed by atoms with Crippen molar-refractivity contribution in [1.82, 2.24) is 9.55 Å². The van der Waals surface area contributed by atoms with Crippen molar-refractivity contribution in [3.8, 4) is 0 Å². The Hall–Kier alpha value is -1.57. The molecule has 0 aliphatic rings. The molecule has 2 nitrogen and oxygen atoms in total. The summed E-state index contributed by atoms with van der Waals surface area (Å²) in [7, 11) is 0. The minimum absolute atomic E-state index is 0.321. The van der Waals surface area contributed by atoms with E-state index in [1.807, 2.05) is 19.4 Å². The van der Waals surface area contributed by atoms with Gasteiger partial charge in [-0.25, -0.2) is 4.98 Å². The molecule has 0 fully saturated rings. The van der Waals surface area contributed by atoms with Crippen LogP contribution in [-0.2, 0) is 6.42 Å². The average Bonchev–Trinajstić information content (AvgIpc) is 2.82. The zero-order valence-corrected chi connectivity index (χ0v) is 11.9. The van der Waals surface area contributed by atoms with Gasteiger partial charge in [0.25, 0.3) is 0 Å². The molecule has 1 aromatic rings. The lowest BCUT2D eigenvalue weighted by atomic mass is 10.1. The summed E-state index contributed by atoms with van der Waals surface area (Å²) in [5, 5.41) is 0. The Kier molecular flexibility index (Phi) is 6.20. The first-order valence-corrected chi connectivity index (χ1v) is 6.70. The van der Waals surface area contributed by atoms with Crippen LogP contribution in [0.3, 0.4) is 0 Å². The molecule has 0 radical (unpaired) electrons. The third-order valence-electron chi connectivity index (χ3n) is 2.99. The highest BCUT2D eigenvalue weighted by atomic mass is 15.1. The Morgan fingerprint density at radius 1 is 1.39 bits per heavy atom. The van der Waals surface area contributed by atoms with E-state index in [1.54, 1.807) is 0 Å². The normalized spacial score (nSPS) is 14.8. The Balaban J connectivity index is 3.01. The maximum absolute atomic E-state index is 4.28. The predicted molar refractivity (Wildman–Crippen MR) is 78.6 cm³/mol. The van der Waals surface area contributed by atoms with Gasteiger partial charge in [-0.15, -0.1) is 0 Å². The molecular formula is C16H24N2. The van der Waals surface area contributed by atoms with E-state index in [0.717, 1.165) is 12.8 Å². The van der Waals surface area contributed by atoms with Gasteiger partial charge in [0.15, 0.2) is 0 Å². The lowest BCUT2D eigenvalue weighted by Gasteiger charge is -2.17. The average molecular weight is 244 g/mol. The van der Waals surface area contributed by atoms with Crippen LogP contribution in [-0.4, -0.2) is 9.55 Å². The van der Waals surface area contributed by atoms with Crippen LogP contribution in [0.1, 0.15) is 45.9 Å². The number of imidazole rings is 1. The molecule has 0 spiro atoms. The SMILES string of the molecule is C\C=C/C=C(\C=C/C)C(C)n1cncc1CCC. The Labute approximate surface area is 111 Å². The van der Waals surface area contributed by atoms with E-state index in [2.05, 4.69) is 60.7 Å². The standard InChI is InChI=1S/C16H24N2/c1-5-8-11-15(9-6-2)14(4)18-13-17-12-16(18)10-7-3/h5-6,8-9,11-14H,7,10H2,1-4H3/b8-5-,9-6-,15-11+. The highest BCUT2D eigenvalue weighted by Gasteiger charge is 2.11. The van der Waals surface area contributed by atoms with Crippen molar-refractivity contribution >= 4 is 0 Å². The first-order chi connectivity index (χ1) is 8.74. The van der Waals surface area contributed by atoms with Crippen LogP contribution < -0.4 is 0 Å². The number of allylic oxidation sites excluding steroid dienone is 6. The largest absolute Gasteiger partial charge is 0.327 e. The summed E-state index contributed by atoms with van der Waals surface area (Å²) in [5.41, 5.74) is 2.60. The molecule has 0 saturated heterocycles. The van der Waals surface area contributed by atoms with E-state index < -0.39 is 0 Å². The van der Waals surface area contributed by atoms with E-state index in [1.165, 1.54) is 11.3 Å². The van der Waals surface area contributed by atoms with Crippen molar-refractivity contribution in [1.29, 1.82) is 0 Å². The first kappa shape index (κ1) is 14.5. The molecule has 2 heteroatoms. The molecule has 0 amide bonds. The predicted octanol–water partition coefficient (Wildman–Crippen LogP) is 4.48. The summed E-state index contributed by atoms with van der Waals surface area (Å²) >= 11 is 0. The number of nitrogens with zero attached hydrogens (tertiary/aromatic N) is 2. The van der Waals surface area contributed by atoms with Gasteiger partial charge >= 0.3 is 0 Å². The summed E-state index contributed by atoms with van der Waals surface area (Å²) in [5.74, 6) is 0. The van der Waals surface area contributed by atoms with Gasteiger partial charge in [-0.3, -0.25) is 0 Å². The van der Waals surface area contributed by atoms with Crippen LogP contribution in [0, 0.1) is 0 Å². The molecule has 18 heavy (non-hydrogen) atoms. The molecule has 0 saturated carbocycles. The van der Waals surface area contributed by atoms with Gasteiger partial charge in [-0.05, 0) is 32.8 Å². The van der Waals surface area contributed by atoms with Crippen molar-refractivity contribution < 1.29 is 0 Å². The molecular weight excluding hydrogens is 220 g/mol. The van der Waals surface area contributed by atoms with Gasteiger partial charge in [0, 0.05) is 11.9 Å². The second-order valence-corrected chi connectivity index (χ2v) is 4.41. The molecule has 0 aliphatic heterocycles. The summed E-state index contributed by atoms with van der Waals surface area (Å²) in [6.45, 7) is 8.51. The molecule has 1 unspecified atom stereocenters.